The van der Waals surface area contributed by atoms with E-state index in [0.717, 1.165) is 22.8 Å². The molecule has 0 unspecified atom stereocenters. The van der Waals surface area contributed by atoms with Crippen molar-refractivity contribution in [2.24, 2.45) is 0 Å². The molecule has 0 atom stereocenters. The molecule has 4 rings (SSSR count). The SMILES string of the molecule is Cc1cc2nc(NC(=O)N3CC(=O)N(C)c4ccccc4C3)cc(N(C)C)n2n1. The fourth-order valence-electron chi connectivity index (χ4n) is 3.42. The predicted molar refractivity (Wildman–Crippen MR) is 111 cm³/mol. The van der Waals surface area contributed by atoms with E-state index in [0.29, 0.717) is 18.0 Å². The van der Waals surface area contributed by atoms with Gasteiger partial charge < -0.3 is 14.7 Å². The van der Waals surface area contributed by atoms with E-state index in [1.807, 2.05) is 56.3 Å². The number of likely N-dealkylation sites (N-methyl/N-ethyl adjacent to an activating group) is 1. The largest absolute Gasteiger partial charge is 0.363 e. The minimum absolute atomic E-state index is 0.00835. The summed E-state index contributed by atoms with van der Waals surface area (Å²) in [4.78, 5) is 35.0. The first-order chi connectivity index (χ1) is 13.8. The van der Waals surface area contributed by atoms with Gasteiger partial charge in [-0.3, -0.25) is 10.1 Å². The zero-order valence-electron chi connectivity index (χ0n) is 16.9. The van der Waals surface area contributed by atoms with Crippen LogP contribution in [0.1, 0.15) is 11.3 Å². The number of para-hydroxylation sites is 1. The van der Waals surface area contributed by atoms with Gasteiger partial charge in [-0.2, -0.15) is 9.61 Å². The highest BCUT2D eigenvalue weighted by Gasteiger charge is 2.27. The zero-order chi connectivity index (χ0) is 20.7. The predicted octanol–water partition coefficient (Wildman–Crippen LogP) is 2.11. The van der Waals surface area contributed by atoms with Gasteiger partial charge in [0.2, 0.25) is 5.91 Å². The minimum atomic E-state index is -0.374. The van der Waals surface area contributed by atoms with Crippen LogP contribution in [0, 0.1) is 6.92 Å². The second kappa shape index (κ2) is 7.08. The lowest BCUT2D eigenvalue weighted by Crippen LogP contribution is -2.40. The van der Waals surface area contributed by atoms with Crippen LogP contribution in [-0.4, -0.2) is 59.1 Å². The van der Waals surface area contributed by atoms with Crippen molar-refractivity contribution >= 4 is 34.9 Å². The van der Waals surface area contributed by atoms with E-state index in [-0.39, 0.29) is 18.5 Å². The van der Waals surface area contributed by atoms with E-state index in [1.54, 1.807) is 22.5 Å². The zero-order valence-corrected chi connectivity index (χ0v) is 16.9. The summed E-state index contributed by atoms with van der Waals surface area (Å²) in [5.74, 6) is 1.05. The van der Waals surface area contributed by atoms with Crippen LogP contribution in [0.25, 0.3) is 5.65 Å². The Morgan fingerprint density at radius 1 is 1.17 bits per heavy atom. The van der Waals surface area contributed by atoms with E-state index < -0.39 is 0 Å². The molecule has 1 aliphatic heterocycles. The number of nitrogens with zero attached hydrogens (tertiary/aromatic N) is 6. The molecular formula is C20H23N7O2. The van der Waals surface area contributed by atoms with Crippen LogP contribution in [0.15, 0.2) is 36.4 Å². The molecular weight excluding hydrogens is 370 g/mol. The number of urea groups is 1. The third-order valence-corrected chi connectivity index (χ3v) is 4.93. The quantitative estimate of drug-likeness (QED) is 0.721. The van der Waals surface area contributed by atoms with E-state index in [4.69, 9.17) is 0 Å². The maximum absolute atomic E-state index is 13.0. The monoisotopic (exact) mass is 393 g/mol. The molecule has 29 heavy (non-hydrogen) atoms. The van der Waals surface area contributed by atoms with Gasteiger partial charge in [0, 0.05) is 39.0 Å². The average Bonchev–Trinajstić information content (AvgIpc) is 3.00. The number of rotatable bonds is 2. The van der Waals surface area contributed by atoms with Crippen LogP contribution in [0.4, 0.5) is 22.1 Å². The molecule has 9 heteroatoms. The highest BCUT2D eigenvalue weighted by Crippen LogP contribution is 2.25. The van der Waals surface area contributed by atoms with E-state index in [2.05, 4.69) is 15.4 Å². The highest BCUT2D eigenvalue weighted by atomic mass is 16.2. The lowest BCUT2D eigenvalue weighted by Gasteiger charge is -2.21. The molecule has 3 aromatic rings. The van der Waals surface area contributed by atoms with Crippen molar-refractivity contribution in [3.8, 4) is 0 Å². The summed E-state index contributed by atoms with van der Waals surface area (Å²) < 4.78 is 1.73. The second-order valence-electron chi connectivity index (χ2n) is 7.32. The molecule has 9 nitrogen and oxygen atoms in total. The number of anilines is 3. The Labute approximate surface area is 168 Å². The number of aromatic nitrogens is 3. The van der Waals surface area contributed by atoms with Gasteiger partial charge in [-0.1, -0.05) is 18.2 Å². The van der Waals surface area contributed by atoms with Gasteiger partial charge in [0.25, 0.3) is 0 Å². The molecule has 1 aliphatic rings. The lowest BCUT2D eigenvalue weighted by molar-refractivity contribution is -0.118. The first kappa shape index (κ1) is 18.7. The Morgan fingerprint density at radius 3 is 2.69 bits per heavy atom. The summed E-state index contributed by atoms with van der Waals surface area (Å²) in [7, 11) is 5.53. The fraction of sp³-hybridized carbons (Fsp3) is 0.300. The third-order valence-electron chi connectivity index (χ3n) is 4.93. The van der Waals surface area contributed by atoms with Crippen molar-refractivity contribution in [2.45, 2.75) is 13.5 Å². The Balaban J connectivity index is 1.63. The molecule has 3 amide bonds. The summed E-state index contributed by atoms with van der Waals surface area (Å²) in [6.45, 7) is 2.22. The standard InChI is InChI=1S/C20H23N7O2/c1-13-9-17-21-16(10-18(24(2)3)27(17)23-13)22-20(29)26-11-14-7-5-6-8-15(14)25(4)19(28)12-26/h5-10H,11-12H2,1-4H3,(H,21,22,29). The fourth-order valence-corrected chi connectivity index (χ4v) is 3.42. The molecule has 3 heterocycles. The first-order valence-electron chi connectivity index (χ1n) is 9.28. The highest BCUT2D eigenvalue weighted by molar-refractivity contribution is 5.99. The number of nitrogens with one attached hydrogen (secondary N) is 1. The number of amides is 3. The van der Waals surface area contributed by atoms with Crippen molar-refractivity contribution in [1.82, 2.24) is 19.5 Å². The van der Waals surface area contributed by atoms with Crippen LogP contribution < -0.4 is 15.1 Å². The van der Waals surface area contributed by atoms with Crippen molar-refractivity contribution in [2.75, 3.05) is 42.8 Å². The van der Waals surface area contributed by atoms with E-state index >= 15 is 0 Å². The molecule has 1 aromatic carbocycles. The van der Waals surface area contributed by atoms with Crippen LogP contribution in [0.5, 0.6) is 0 Å². The van der Waals surface area contributed by atoms with Gasteiger partial charge in [0.1, 0.15) is 18.2 Å². The maximum Gasteiger partial charge on any atom is 0.323 e. The van der Waals surface area contributed by atoms with Gasteiger partial charge in [-0.15, -0.1) is 0 Å². The number of hydrogen-bond donors (Lipinski definition) is 1. The Hall–Kier alpha value is -3.62. The van der Waals surface area contributed by atoms with Crippen molar-refractivity contribution in [3.63, 3.8) is 0 Å². The molecule has 0 saturated carbocycles. The Morgan fingerprint density at radius 2 is 1.93 bits per heavy atom. The van der Waals surface area contributed by atoms with E-state index in [9.17, 15) is 9.59 Å². The molecule has 0 spiro atoms. The molecule has 0 aliphatic carbocycles. The lowest BCUT2D eigenvalue weighted by atomic mass is 10.1. The van der Waals surface area contributed by atoms with Gasteiger partial charge in [-0.25, -0.2) is 9.78 Å². The smallest absolute Gasteiger partial charge is 0.323 e. The molecule has 0 fully saturated rings. The van der Waals surface area contributed by atoms with Gasteiger partial charge in [-0.05, 0) is 18.6 Å². The third kappa shape index (κ3) is 3.46. The normalized spacial score (nSPS) is 14.0. The van der Waals surface area contributed by atoms with Crippen LogP contribution in [-0.2, 0) is 11.3 Å². The number of fused-ring (bicyclic) bond motifs is 2. The molecule has 0 saturated heterocycles. The van der Waals surface area contributed by atoms with Gasteiger partial charge in [0.05, 0.1) is 12.2 Å². The van der Waals surface area contributed by atoms with Crippen LogP contribution >= 0.6 is 0 Å². The summed E-state index contributed by atoms with van der Waals surface area (Å²) in [6.07, 6.45) is 0. The average molecular weight is 393 g/mol. The molecule has 150 valence electrons. The number of carbonyl (C=O) groups is 2. The van der Waals surface area contributed by atoms with Crippen molar-refractivity contribution < 1.29 is 9.59 Å². The van der Waals surface area contributed by atoms with E-state index in [1.165, 1.54) is 4.90 Å². The summed E-state index contributed by atoms with van der Waals surface area (Å²) in [5.41, 5.74) is 3.21. The Kier molecular flexibility index (Phi) is 4.57. The van der Waals surface area contributed by atoms with Gasteiger partial charge >= 0.3 is 6.03 Å². The molecule has 0 radical (unpaired) electrons. The Bertz CT molecular complexity index is 1110. The number of benzene rings is 1. The summed E-state index contributed by atoms with van der Waals surface area (Å²) in [6, 6.07) is 10.8. The minimum Gasteiger partial charge on any atom is -0.363 e. The maximum atomic E-state index is 13.0. The number of carbonyl (C=O) groups excluding carboxylic acids is 2. The summed E-state index contributed by atoms with van der Waals surface area (Å²) in [5, 5.41) is 7.28. The number of aryl methyl sites for hydroxylation is 1. The van der Waals surface area contributed by atoms with Crippen molar-refractivity contribution in [3.05, 3.63) is 47.7 Å². The van der Waals surface area contributed by atoms with Crippen LogP contribution in [0.2, 0.25) is 0 Å². The van der Waals surface area contributed by atoms with Gasteiger partial charge in [0.15, 0.2) is 5.65 Å². The summed E-state index contributed by atoms with van der Waals surface area (Å²) >= 11 is 0. The first-order valence-corrected chi connectivity index (χ1v) is 9.28. The topological polar surface area (TPSA) is 86.1 Å². The van der Waals surface area contributed by atoms with Crippen LogP contribution in [0.3, 0.4) is 0 Å². The molecule has 2 aromatic heterocycles. The van der Waals surface area contributed by atoms with Crippen molar-refractivity contribution in [1.29, 1.82) is 0 Å². The molecule has 0 bridgehead atoms. The molecule has 1 N–H and O–H groups in total. The second-order valence-corrected chi connectivity index (χ2v) is 7.32. The number of hydrogen-bond acceptors (Lipinski definition) is 5.